The summed E-state index contributed by atoms with van der Waals surface area (Å²) in [4.78, 5) is 17.9. The Morgan fingerprint density at radius 3 is 2.72 bits per heavy atom. The van der Waals surface area contributed by atoms with Crippen LogP contribution in [0.2, 0.25) is 0 Å². The molecule has 5 nitrogen and oxygen atoms in total. The molecule has 0 radical (unpaired) electrons. The number of hydrogen-bond acceptors (Lipinski definition) is 4. The Balaban J connectivity index is 2.97. The molecule has 18 heavy (non-hydrogen) atoms. The zero-order valence-electron chi connectivity index (χ0n) is 11.3. The van der Waals surface area contributed by atoms with E-state index >= 15 is 0 Å². The molecule has 0 spiro atoms. The molecule has 0 unspecified atom stereocenters. The number of nitrogens with zero attached hydrogens (tertiary/aromatic N) is 2. The fourth-order valence-electron chi connectivity index (χ4n) is 1.68. The highest BCUT2D eigenvalue weighted by Crippen LogP contribution is 2.17. The first-order valence-electron chi connectivity index (χ1n) is 5.89. The van der Waals surface area contributed by atoms with E-state index in [4.69, 9.17) is 4.74 Å². The fraction of sp³-hybridized carbons (Fsp3) is 0.538. The second-order valence-electron chi connectivity index (χ2n) is 4.69. The van der Waals surface area contributed by atoms with Crippen molar-refractivity contribution in [1.82, 2.24) is 9.88 Å². The first-order chi connectivity index (χ1) is 8.39. The summed E-state index contributed by atoms with van der Waals surface area (Å²) in [6, 6.07) is 3.36. The highest BCUT2D eigenvalue weighted by atomic mass is 16.5. The van der Waals surface area contributed by atoms with Gasteiger partial charge in [0.05, 0.1) is 12.7 Å². The average Bonchev–Trinajstić information content (AvgIpc) is 2.34. The Morgan fingerprint density at radius 2 is 2.22 bits per heavy atom. The molecule has 1 heterocycles. The van der Waals surface area contributed by atoms with Crippen molar-refractivity contribution in [3.05, 3.63) is 23.9 Å². The van der Waals surface area contributed by atoms with Crippen molar-refractivity contribution in [2.45, 2.75) is 26.4 Å². The Bertz CT molecular complexity index is 413. The van der Waals surface area contributed by atoms with E-state index in [-0.39, 0.29) is 12.5 Å². The molecular formula is C13H20N2O3. The van der Waals surface area contributed by atoms with Gasteiger partial charge in [0.15, 0.2) is 0 Å². The van der Waals surface area contributed by atoms with Crippen molar-refractivity contribution in [2.24, 2.45) is 0 Å². The van der Waals surface area contributed by atoms with Gasteiger partial charge < -0.3 is 14.7 Å². The van der Waals surface area contributed by atoms with E-state index in [9.17, 15) is 9.90 Å². The molecule has 100 valence electrons. The van der Waals surface area contributed by atoms with Gasteiger partial charge in [-0.25, -0.2) is 4.98 Å². The first kappa shape index (κ1) is 14.4. The van der Waals surface area contributed by atoms with Crippen LogP contribution >= 0.6 is 0 Å². The van der Waals surface area contributed by atoms with Crippen molar-refractivity contribution in [3.8, 4) is 5.88 Å². The average molecular weight is 252 g/mol. The lowest BCUT2D eigenvalue weighted by atomic mass is 10.1. The predicted octanol–water partition coefficient (Wildman–Crippen LogP) is 1.32. The topological polar surface area (TPSA) is 62.7 Å². The number of carbonyl (C=O) groups is 1. The van der Waals surface area contributed by atoms with Gasteiger partial charge in [0.25, 0.3) is 5.91 Å². The number of pyridine rings is 1. The van der Waals surface area contributed by atoms with Crippen LogP contribution in [0.1, 0.15) is 31.1 Å². The Hall–Kier alpha value is -1.62. The summed E-state index contributed by atoms with van der Waals surface area (Å²) in [7, 11) is 1.48. The summed E-state index contributed by atoms with van der Waals surface area (Å²) in [5, 5.41) is 9.80. The summed E-state index contributed by atoms with van der Waals surface area (Å²) >= 11 is 0. The van der Waals surface area contributed by atoms with E-state index in [1.807, 2.05) is 6.92 Å². The predicted molar refractivity (Wildman–Crippen MR) is 68.7 cm³/mol. The van der Waals surface area contributed by atoms with Gasteiger partial charge in [-0.05, 0) is 32.9 Å². The normalized spacial score (nSPS) is 11.2. The molecule has 0 aliphatic carbocycles. The minimum absolute atomic E-state index is 0.190. The number of hydrogen-bond donors (Lipinski definition) is 1. The van der Waals surface area contributed by atoms with Crippen LogP contribution in [0.25, 0.3) is 0 Å². The Morgan fingerprint density at radius 1 is 1.56 bits per heavy atom. The molecule has 1 aromatic heterocycles. The van der Waals surface area contributed by atoms with Crippen LogP contribution in [0.5, 0.6) is 5.88 Å². The molecule has 0 fully saturated rings. The van der Waals surface area contributed by atoms with Crippen LogP contribution in [-0.2, 0) is 0 Å². The maximum Gasteiger partial charge on any atom is 0.259 e. The maximum absolute atomic E-state index is 12.3. The molecule has 1 aromatic rings. The third-order valence-corrected chi connectivity index (χ3v) is 2.44. The first-order valence-corrected chi connectivity index (χ1v) is 5.89. The van der Waals surface area contributed by atoms with Gasteiger partial charge in [-0.2, -0.15) is 0 Å². The summed E-state index contributed by atoms with van der Waals surface area (Å²) in [6.45, 7) is 5.99. The monoisotopic (exact) mass is 252 g/mol. The van der Waals surface area contributed by atoms with Gasteiger partial charge in [-0.1, -0.05) is 0 Å². The standard InChI is InChI=1S/C13H20N2O3/c1-5-15(9-13(2,3)17)12(16)10-7-6-8-14-11(10)18-4/h6-8,17H,5,9H2,1-4H3. The highest BCUT2D eigenvalue weighted by molar-refractivity contribution is 5.96. The Kier molecular flexibility index (Phi) is 4.67. The fourth-order valence-corrected chi connectivity index (χ4v) is 1.68. The van der Waals surface area contributed by atoms with Gasteiger partial charge in [0.1, 0.15) is 5.56 Å². The maximum atomic E-state index is 12.3. The quantitative estimate of drug-likeness (QED) is 0.858. The minimum Gasteiger partial charge on any atom is -0.480 e. The number of aromatic nitrogens is 1. The summed E-state index contributed by atoms with van der Waals surface area (Å²) < 4.78 is 5.07. The van der Waals surface area contributed by atoms with Crippen molar-refractivity contribution in [3.63, 3.8) is 0 Å². The lowest BCUT2D eigenvalue weighted by molar-refractivity contribution is 0.0312. The molecule has 1 rings (SSSR count). The van der Waals surface area contributed by atoms with Crippen LogP contribution in [0.15, 0.2) is 18.3 Å². The third kappa shape index (κ3) is 3.70. The largest absolute Gasteiger partial charge is 0.480 e. The summed E-state index contributed by atoms with van der Waals surface area (Å²) in [6.07, 6.45) is 1.57. The van der Waals surface area contributed by atoms with Gasteiger partial charge >= 0.3 is 0 Å². The van der Waals surface area contributed by atoms with E-state index < -0.39 is 5.60 Å². The molecule has 0 bridgehead atoms. The van der Waals surface area contributed by atoms with Gasteiger partial charge in [-0.15, -0.1) is 0 Å². The lowest BCUT2D eigenvalue weighted by Gasteiger charge is -2.28. The van der Waals surface area contributed by atoms with Crippen LogP contribution < -0.4 is 4.74 Å². The van der Waals surface area contributed by atoms with Crippen LogP contribution in [0.4, 0.5) is 0 Å². The number of rotatable bonds is 5. The Labute approximate surface area is 107 Å². The zero-order valence-corrected chi connectivity index (χ0v) is 11.3. The van der Waals surface area contributed by atoms with E-state index in [2.05, 4.69) is 4.98 Å². The van der Waals surface area contributed by atoms with Crippen molar-refractivity contribution >= 4 is 5.91 Å². The van der Waals surface area contributed by atoms with E-state index in [0.29, 0.717) is 18.0 Å². The van der Waals surface area contributed by atoms with Crippen LogP contribution in [0.3, 0.4) is 0 Å². The summed E-state index contributed by atoms with van der Waals surface area (Å²) in [5.41, 5.74) is -0.521. The molecule has 1 amide bonds. The molecular weight excluding hydrogens is 232 g/mol. The van der Waals surface area contributed by atoms with Gasteiger partial charge in [0, 0.05) is 19.3 Å². The highest BCUT2D eigenvalue weighted by Gasteiger charge is 2.24. The van der Waals surface area contributed by atoms with Crippen molar-refractivity contribution < 1.29 is 14.6 Å². The number of amides is 1. The summed E-state index contributed by atoms with van der Waals surface area (Å²) in [5.74, 6) is 0.112. The van der Waals surface area contributed by atoms with Crippen LogP contribution in [-0.4, -0.2) is 46.7 Å². The third-order valence-electron chi connectivity index (χ3n) is 2.44. The second-order valence-corrected chi connectivity index (χ2v) is 4.69. The van der Waals surface area contributed by atoms with Crippen molar-refractivity contribution in [2.75, 3.05) is 20.2 Å². The number of methoxy groups -OCH3 is 1. The zero-order chi connectivity index (χ0) is 13.8. The molecule has 1 N–H and O–H groups in total. The number of aliphatic hydroxyl groups is 1. The smallest absolute Gasteiger partial charge is 0.259 e. The van der Waals surface area contributed by atoms with Crippen LogP contribution in [0, 0.1) is 0 Å². The molecule has 0 atom stereocenters. The van der Waals surface area contributed by atoms with Gasteiger partial charge in [-0.3, -0.25) is 4.79 Å². The van der Waals surface area contributed by atoms with E-state index in [1.54, 1.807) is 37.1 Å². The molecule has 5 heteroatoms. The minimum atomic E-state index is -0.929. The number of carbonyl (C=O) groups excluding carboxylic acids is 1. The molecule has 0 aliphatic heterocycles. The molecule has 0 aromatic carbocycles. The lowest BCUT2D eigenvalue weighted by Crippen LogP contribution is -2.42. The van der Waals surface area contributed by atoms with E-state index in [0.717, 1.165) is 0 Å². The number of likely N-dealkylation sites (N-methyl/N-ethyl adjacent to an activating group) is 1. The molecule has 0 aliphatic rings. The number of ether oxygens (including phenoxy) is 1. The second kappa shape index (κ2) is 5.82. The van der Waals surface area contributed by atoms with Gasteiger partial charge in [0.2, 0.25) is 5.88 Å². The van der Waals surface area contributed by atoms with E-state index in [1.165, 1.54) is 7.11 Å². The SMILES string of the molecule is CCN(CC(C)(C)O)C(=O)c1cccnc1OC. The molecule has 0 saturated carbocycles. The van der Waals surface area contributed by atoms with Crippen molar-refractivity contribution in [1.29, 1.82) is 0 Å². The molecule has 0 saturated heterocycles.